The lowest BCUT2D eigenvalue weighted by Gasteiger charge is -2.62. The van der Waals surface area contributed by atoms with Crippen molar-refractivity contribution in [1.29, 1.82) is 0 Å². The Bertz CT molecular complexity index is 1450. The number of hydrogen-bond donors (Lipinski definition) is 1. The van der Waals surface area contributed by atoms with E-state index in [-0.39, 0.29) is 31.2 Å². The van der Waals surface area contributed by atoms with Crippen LogP contribution in [0.15, 0.2) is 0 Å². The molecule has 46 heavy (non-hydrogen) atoms. The van der Waals surface area contributed by atoms with Crippen LogP contribution in [0.3, 0.4) is 0 Å². The molecule has 11 nitrogen and oxygen atoms in total. The number of esters is 2. The first-order chi connectivity index (χ1) is 21.1. The summed E-state index contributed by atoms with van der Waals surface area (Å²) < 4.78 is 123. The number of hydrogen-bond acceptors (Lipinski definition) is 9. The molecule has 2 heterocycles. The Kier molecular flexibility index (Phi) is 6.87. The van der Waals surface area contributed by atoms with Crippen molar-refractivity contribution in [3.8, 4) is 0 Å². The van der Waals surface area contributed by atoms with Gasteiger partial charge < -0.3 is 23.8 Å². The van der Waals surface area contributed by atoms with E-state index in [2.05, 4.69) is 4.74 Å². The molecule has 0 aromatic carbocycles. The van der Waals surface area contributed by atoms with E-state index >= 15 is 0 Å². The zero-order valence-corrected chi connectivity index (χ0v) is 26.1. The molecule has 2 aliphatic heterocycles. The van der Waals surface area contributed by atoms with Crippen molar-refractivity contribution in [2.24, 2.45) is 46.8 Å². The van der Waals surface area contributed by atoms with Gasteiger partial charge in [-0.1, -0.05) is 0 Å². The summed E-state index contributed by atoms with van der Waals surface area (Å²) in [7, 11) is -5.87. The fraction of sp³-hybridized carbons (Fsp3) is 0.897. The molecule has 6 bridgehead atoms. The largest absolute Gasteiger partial charge is 0.459 e. The van der Waals surface area contributed by atoms with Crippen LogP contribution in [0.1, 0.15) is 59.3 Å². The topological polar surface area (TPSA) is 146 Å². The predicted molar refractivity (Wildman–Crippen MR) is 142 cm³/mol. The van der Waals surface area contributed by atoms with E-state index in [1.807, 2.05) is 0 Å². The molecule has 0 aromatic rings. The first-order valence-corrected chi connectivity index (χ1v) is 17.0. The van der Waals surface area contributed by atoms with E-state index < -0.39 is 117 Å². The molecule has 0 radical (unpaired) electrons. The van der Waals surface area contributed by atoms with Crippen LogP contribution in [0.5, 0.6) is 0 Å². The fourth-order valence-corrected chi connectivity index (χ4v) is 10.6. The minimum absolute atomic E-state index is 0.0393. The molecule has 17 heteroatoms. The highest BCUT2D eigenvalue weighted by atomic mass is 32.2. The second-order valence-electron chi connectivity index (χ2n) is 15.0. The number of likely N-dealkylation sites (tertiary alicyclic amines) is 1. The Morgan fingerprint density at radius 3 is 2.24 bits per heavy atom. The maximum atomic E-state index is 14.2. The van der Waals surface area contributed by atoms with Gasteiger partial charge in [0, 0.05) is 23.8 Å². The van der Waals surface area contributed by atoms with Crippen LogP contribution >= 0.6 is 0 Å². The van der Waals surface area contributed by atoms with E-state index in [4.69, 9.17) is 18.8 Å². The standard InChI is InChI=1S/C29H36F5NO10S/c1-12(2)35-20-16-6-17(19(18(16)22(35)36)23(37)42-11-27(30,31)46(39,40)41)21(20)44-24(38)26-7-13-4-14(8-26)28(15(5-13)9-26)43-10-25(3,45-28)29(32,33)34/h12-21H,4-11H2,1-3H3,(H,39,40,41). The van der Waals surface area contributed by atoms with Crippen LogP contribution < -0.4 is 0 Å². The molecule has 6 aliphatic carbocycles. The molecule has 1 amide bonds. The molecule has 9 atom stereocenters. The van der Waals surface area contributed by atoms with E-state index in [0.717, 1.165) is 6.92 Å². The van der Waals surface area contributed by atoms with E-state index in [0.29, 0.717) is 19.3 Å². The average molecular weight is 686 g/mol. The molecule has 8 aliphatic rings. The van der Waals surface area contributed by atoms with Gasteiger partial charge in [0.25, 0.3) is 0 Å². The van der Waals surface area contributed by atoms with Crippen molar-refractivity contribution in [1.82, 2.24) is 4.90 Å². The van der Waals surface area contributed by atoms with Crippen LogP contribution in [0.4, 0.5) is 22.0 Å². The third-order valence-electron chi connectivity index (χ3n) is 12.1. The Morgan fingerprint density at radius 2 is 1.70 bits per heavy atom. The summed E-state index contributed by atoms with van der Waals surface area (Å²) >= 11 is 0. The Labute approximate surface area is 261 Å². The van der Waals surface area contributed by atoms with Crippen molar-refractivity contribution >= 4 is 28.0 Å². The first-order valence-electron chi connectivity index (χ1n) is 15.6. The number of nitrogens with zero attached hydrogens (tertiary/aromatic N) is 1. The van der Waals surface area contributed by atoms with Crippen LogP contribution in [-0.2, 0) is 43.4 Å². The zero-order chi connectivity index (χ0) is 33.6. The van der Waals surface area contributed by atoms with Crippen molar-refractivity contribution in [2.75, 3.05) is 13.2 Å². The maximum absolute atomic E-state index is 14.2. The summed E-state index contributed by atoms with van der Waals surface area (Å²) in [6.07, 6.45) is -3.47. The van der Waals surface area contributed by atoms with Crippen molar-refractivity contribution in [2.45, 2.75) is 100 Å². The van der Waals surface area contributed by atoms with Crippen LogP contribution in [0.25, 0.3) is 0 Å². The summed E-state index contributed by atoms with van der Waals surface area (Å²) in [5.41, 5.74) is -3.51. The van der Waals surface area contributed by atoms with Gasteiger partial charge in [-0.25, -0.2) is 0 Å². The molecule has 1 spiro atoms. The molecule has 258 valence electrons. The zero-order valence-electron chi connectivity index (χ0n) is 25.3. The molecular weight excluding hydrogens is 649 g/mol. The molecule has 0 aromatic heterocycles. The van der Waals surface area contributed by atoms with Crippen LogP contribution in [-0.4, -0.2) is 89.9 Å². The van der Waals surface area contributed by atoms with Gasteiger partial charge in [0.2, 0.25) is 5.91 Å². The van der Waals surface area contributed by atoms with Gasteiger partial charge in [-0.3, -0.25) is 18.9 Å². The van der Waals surface area contributed by atoms with Gasteiger partial charge in [-0.15, -0.1) is 0 Å². The first kappa shape index (κ1) is 32.4. The summed E-state index contributed by atoms with van der Waals surface area (Å²) in [5, 5.41) is -4.77. The summed E-state index contributed by atoms with van der Waals surface area (Å²) in [6, 6.07) is -0.938. The average Bonchev–Trinajstić information content (AvgIpc) is 3.64. The number of carbonyl (C=O) groups excluding carboxylic acids is 3. The number of carbonyl (C=O) groups is 3. The SMILES string of the molecule is CC(C)N1C(=O)C2C3CC(C(OC(=O)C45CC6CC(C4)C4(OCC(C)(C(F)(F)F)O4)C(C6)C5)C31)C2C(=O)OCC(F)(F)S(=O)(=O)O. The minimum atomic E-state index is -5.87. The van der Waals surface area contributed by atoms with E-state index in [1.54, 1.807) is 18.7 Å². The Morgan fingerprint density at radius 1 is 1.07 bits per heavy atom. The number of halogens is 5. The number of rotatable bonds is 7. The summed E-state index contributed by atoms with van der Waals surface area (Å²) in [5.74, 6) is -8.08. The third-order valence-corrected chi connectivity index (χ3v) is 12.9. The second kappa shape index (κ2) is 9.74. The van der Waals surface area contributed by atoms with Gasteiger partial charge in [0.15, 0.2) is 18.0 Å². The second-order valence-corrected chi connectivity index (χ2v) is 16.5. The highest BCUT2D eigenvalue weighted by Gasteiger charge is 2.75. The number of alkyl halides is 5. The molecule has 9 unspecified atom stereocenters. The predicted octanol–water partition coefficient (Wildman–Crippen LogP) is 3.31. The normalized spacial score (nSPS) is 45.8. The molecule has 8 rings (SSSR count). The highest BCUT2D eigenvalue weighted by molar-refractivity contribution is 7.86. The van der Waals surface area contributed by atoms with Gasteiger partial charge >= 0.3 is 33.5 Å². The monoisotopic (exact) mass is 685 g/mol. The van der Waals surface area contributed by atoms with Crippen molar-refractivity contribution in [3.05, 3.63) is 0 Å². The van der Waals surface area contributed by atoms with Crippen molar-refractivity contribution in [3.63, 3.8) is 0 Å². The summed E-state index contributed by atoms with van der Waals surface area (Å²) in [6.45, 7) is 1.88. The summed E-state index contributed by atoms with van der Waals surface area (Å²) in [4.78, 5) is 42.5. The van der Waals surface area contributed by atoms with E-state index in [9.17, 15) is 44.8 Å². The number of amides is 1. The molecule has 6 saturated carbocycles. The molecule has 8 fully saturated rings. The number of fused-ring (bicyclic) bond motifs is 1. The molecule has 1 N–H and O–H groups in total. The Balaban J connectivity index is 1.13. The fourth-order valence-electron chi connectivity index (χ4n) is 10.4. The van der Waals surface area contributed by atoms with Gasteiger partial charge in [-0.2, -0.15) is 30.4 Å². The lowest BCUT2D eigenvalue weighted by atomic mass is 9.47. The van der Waals surface area contributed by atoms with Crippen LogP contribution in [0, 0.1) is 46.8 Å². The highest BCUT2D eigenvalue weighted by Crippen LogP contribution is 2.68. The lowest BCUT2D eigenvalue weighted by molar-refractivity contribution is -0.344. The van der Waals surface area contributed by atoms with Gasteiger partial charge in [0.1, 0.15) is 6.10 Å². The lowest BCUT2D eigenvalue weighted by Crippen LogP contribution is -2.65. The van der Waals surface area contributed by atoms with Crippen LogP contribution in [0.2, 0.25) is 0 Å². The maximum Gasteiger partial charge on any atom is 0.419 e. The minimum Gasteiger partial charge on any atom is -0.459 e. The van der Waals surface area contributed by atoms with E-state index in [1.165, 1.54) is 0 Å². The van der Waals surface area contributed by atoms with Crippen molar-refractivity contribution < 1.29 is 68.3 Å². The van der Waals surface area contributed by atoms with Gasteiger partial charge in [0.05, 0.1) is 29.9 Å². The molecule has 2 saturated heterocycles. The molecular formula is C29H36F5NO10S. The quantitative estimate of drug-likeness (QED) is 0.241. The third kappa shape index (κ3) is 4.28. The van der Waals surface area contributed by atoms with Gasteiger partial charge in [-0.05, 0) is 71.1 Å². The smallest absolute Gasteiger partial charge is 0.419 e. The Hall–Kier alpha value is -2.11. The number of ether oxygens (including phenoxy) is 4.